The van der Waals surface area contributed by atoms with Gasteiger partial charge in [0, 0.05) is 16.6 Å². The third-order valence-electron chi connectivity index (χ3n) is 10.9. The molecule has 0 bridgehead atoms. The highest BCUT2D eigenvalue weighted by atomic mass is 16.2. The number of fused-ring (bicyclic) bond motifs is 3. The average Bonchev–Trinajstić information content (AvgIpc) is 2.85. The maximum Gasteiger partial charge on any atom is 0.190 e. The molecular weight excluding hydrogens is 492 g/mol. The summed E-state index contributed by atoms with van der Waals surface area (Å²) in [5.74, 6) is 0.0593. The van der Waals surface area contributed by atoms with Gasteiger partial charge in [-0.3, -0.25) is 14.4 Å². The van der Waals surface area contributed by atoms with E-state index < -0.39 is 5.41 Å². The van der Waals surface area contributed by atoms with Gasteiger partial charge in [0.1, 0.15) is 0 Å². The molecular formula is C37H44O3. The molecule has 3 aliphatic rings. The van der Waals surface area contributed by atoms with Crippen LogP contribution in [0.1, 0.15) is 114 Å². The highest BCUT2D eigenvalue weighted by Crippen LogP contribution is 2.66. The number of Topliss-reactive ketones (excluding diaryl/α,β-unsaturated/α-hetero) is 3. The van der Waals surface area contributed by atoms with Crippen molar-refractivity contribution in [3.05, 3.63) is 80.4 Å². The summed E-state index contributed by atoms with van der Waals surface area (Å²) in [6.07, 6.45) is 3.20. The van der Waals surface area contributed by atoms with E-state index in [1.54, 1.807) is 0 Å². The average molecular weight is 537 g/mol. The Morgan fingerprint density at radius 2 is 1.60 bits per heavy atom. The highest BCUT2D eigenvalue weighted by molar-refractivity contribution is 6.24. The number of benzene rings is 2. The van der Waals surface area contributed by atoms with E-state index in [0.29, 0.717) is 12.0 Å². The summed E-state index contributed by atoms with van der Waals surface area (Å²) >= 11 is 0. The Hall–Kier alpha value is -3.07. The molecule has 0 aromatic heterocycles. The molecule has 3 atom stereocenters. The summed E-state index contributed by atoms with van der Waals surface area (Å²) in [4.78, 5) is 41.6. The van der Waals surface area contributed by atoms with Crippen molar-refractivity contribution >= 4 is 17.3 Å². The Balaban J connectivity index is 1.78. The molecule has 40 heavy (non-hydrogen) atoms. The number of allylic oxidation sites excluding steroid dienone is 4. The summed E-state index contributed by atoms with van der Waals surface area (Å²) in [6, 6.07) is 11.0. The molecule has 5 rings (SSSR count). The SMILES string of the molecule is CCc1ccc(-c2cc(C(C)C)c3c(c2C)C(=O)C2=C(C)C4(C)C(=O)C(C(C)=O)=C(C)CC4(C)CC2(C)C3)cc1. The van der Waals surface area contributed by atoms with Gasteiger partial charge in [0.2, 0.25) is 0 Å². The fourth-order valence-corrected chi connectivity index (χ4v) is 8.74. The minimum atomic E-state index is -0.891. The number of ketones is 3. The lowest BCUT2D eigenvalue weighted by Crippen LogP contribution is -2.57. The molecule has 210 valence electrons. The maximum atomic E-state index is 14.8. The fourth-order valence-electron chi connectivity index (χ4n) is 8.74. The zero-order valence-corrected chi connectivity index (χ0v) is 26.0. The first-order valence-corrected chi connectivity index (χ1v) is 14.9. The van der Waals surface area contributed by atoms with Gasteiger partial charge in [-0.2, -0.15) is 0 Å². The molecule has 0 amide bonds. The van der Waals surface area contributed by atoms with E-state index in [2.05, 4.69) is 71.9 Å². The Kier molecular flexibility index (Phi) is 6.56. The zero-order valence-electron chi connectivity index (χ0n) is 26.0. The largest absolute Gasteiger partial charge is 0.294 e. The lowest BCUT2D eigenvalue weighted by atomic mass is 9.42. The van der Waals surface area contributed by atoms with Gasteiger partial charge in [-0.1, -0.05) is 76.1 Å². The van der Waals surface area contributed by atoms with Gasteiger partial charge in [0.25, 0.3) is 0 Å². The molecule has 0 fully saturated rings. The van der Waals surface area contributed by atoms with Crippen LogP contribution in [0.3, 0.4) is 0 Å². The normalized spacial score (nSPS) is 28.1. The van der Waals surface area contributed by atoms with Gasteiger partial charge >= 0.3 is 0 Å². The van der Waals surface area contributed by atoms with E-state index in [4.69, 9.17) is 0 Å². The molecule has 0 spiro atoms. The van der Waals surface area contributed by atoms with E-state index in [1.165, 1.54) is 23.6 Å². The van der Waals surface area contributed by atoms with Crippen molar-refractivity contribution in [2.24, 2.45) is 16.2 Å². The van der Waals surface area contributed by atoms with Crippen LogP contribution in [-0.4, -0.2) is 17.3 Å². The number of rotatable bonds is 4. The van der Waals surface area contributed by atoms with Crippen molar-refractivity contribution in [3.8, 4) is 11.1 Å². The monoisotopic (exact) mass is 536 g/mol. The Morgan fingerprint density at radius 3 is 2.15 bits per heavy atom. The van der Waals surface area contributed by atoms with E-state index in [0.717, 1.165) is 58.2 Å². The van der Waals surface area contributed by atoms with Gasteiger partial charge in [-0.05, 0) is 105 Å². The topological polar surface area (TPSA) is 51.2 Å². The van der Waals surface area contributed by atoms with E-state index in [9.17, 15) is 14.4 Å². The molecule has 0 saturated heterocycles. The summed E-state index contributed by atoms with van der Waals surface area (Å²) in [5, 5.41) is 0. The lowest BCUT2D eigenvalue weighted by Gasteiger charge is -2.59. The second-order valence-corrected chi connectivity index (χ2v) is 13.8. The third kappa shape index (κ3) is 3.72. The summed E-state index contributed by atoms with van der Waals surface area (Å²) in [7, 11) is 0. The van der Waals surface area contributed by atoms with Gasteiger partial charge < -0.3 is 0 Å². The number of hydrogen-bond donors (Lipinski definition) is 0. The number of carbonyl (C=O) groups excluding carboxylic acids is 3. The predicted octanol–water partition coefficient (Wildman–Crippen LogP) is 8.70. The smallest absolute Gasteiger partial charge is 0.190 e. The minimum Gasteiger partial charge on any atom is -0.294 e. The van der Waals surface area contributed by atoms with Crippen molar-refractivity contribution in [3.63, 3.8) is 0 Å². The standard InChI is InChI=1S/C37H44O3/c1-11-25-12-14-26(15-13-25)28-16-27(20(2)3)29-18-35(8)19-36(9)17-21(4)30(24(7)38)34(40)37(36,10)23(6)32(35)33(39)31(29)22(28)5/h12-16,20H,11,17-19H2,1-10H3. The zero-order chi connectivity index (χ0) is 29.5. The maximum absolute atomic E-state index is 14.8. The van der Waals surface area contributed by atoms with Gasteiger partial charge in [-0.15, -0.1) is 0 Å². The Bertz CT molecular complexity index is 1550. The van der Waals surface area contributed by atoms with Crippen LogP contribution < -0.4 is 0 Å². The quantitative estimate of drug-likeness (QED) is 0.367. The first kappa shape index (κ1) is 28.5. The second kappa shape index (κ2) is 9.23. The van der Waals surface area contributed by atoms with Gasteiger partial charge in [0.15, 0.2) is 17.3 Å². The number of aryl methyl sites for hydroxylation is 1. The van der Waals surface area contributed by atoms with Crippen molar-refractivity contribution in [1.82, 2.24) is 0 Å². The Labute approximate surface area is 240 Å². The van der Waals surface area contributed by atoms with Crippen LogP contribution >= 0.6 is 0 Å². The summed E-state index contributed by atoms with van der Waals surface area (Å²) < 4.78 is 0. The van der Waals surface area contributed by atoms with Crippen LogP contribution in [-0.2, 0) is 22.4 Å². The first-order chi connectivity index (χ1) is 18.6. The molecule has 2 aromatic carbocycles. The van der Waals surface area contributed by atoms with Crippen molar-refractivity contribution in [2.45, 2.75) is 101 Å². The molecule has 2 aromatic rings. The molecule has 3 nitrogen and oxygen atoms in total. The molecule has 0 radical (unpaired) electrons. The van der Waals surface area contributed by atoms with E-state index >= 15 is 0 Å². The summed E-state index contributed by atoms with van der Waals surface area (Å²) in [5.41, 5.74) is 9.03. The second-order valence-electron chi connectivity index (χ2n) is 13.8. The molecule has 0 saturated carbocycles. The van der Waals surface area contributed by atoms with Crippen LogP contribution in [0.25, 0.3) is 11.1 Å². The lowest BCUT2D eigenvalue weighted by molar-refractivity contribution is -0.134. The number of carbonyl (C=O) groups is 3. The molecule has 0 aliphatic heterocycles. The first-order valence-electron chi connectivity index (χ1n) is 14.9. The Morgan fingerprint density at radius 1 is 0.975 bits per heavy atom. The van der Waals surface area contributed by atoms with Crippen molar-refractivity contribution < 1.29 is 14.4 Å². The van der Waals surface area contributed by atoms with Gasteiger partial charge in [-0.25, -0.2) is 0 Å². The third-order valence-corrected chi connectivity index (χ3v) is 10.9. The van der Waals surface area contributed by atoms with Crippen LogP contribution in [0.5, 0.6) is 0 Å². The van der Waals surface area contributed by atoms with Crippen LogP contribution in [0, 0.1) is 23.2 Å². The predicted molar refractivity (Wildman–Crippen MR) is 163 cm³/mol. The highest BCUT2D eigenvalue weighted by Gasteiger charge is 2.63. The molecule has 0 heterocycles. The molecule has 3 unspecified atom stereocenters. The molecule has 3 aliphatic carbocycles. The van der Waals surface area contributed by atoms with Gasteiger partial charge in [0.05, 0.1) is 11.0 Å². The fraction of sp³-hybridized carbons (Fsp3) is 0.486. The van der Waals surface area contributed by atoms with Crippen molar-refractivity contribution in [2.75, 3.05) is 0 Å². The number of hydrogen-bond acceptors (Lipinski definition) is 3. The van der Waals surface area contributed by atoms with Crippen molar-refractivity contribution in [1.29, 1.82) is 0 Å². The minimum absolute atomic E-state index is 0.0689. The summed E-state index contributed by atoms with van der Waals surface area (Å²) in [6.45, 7) is 20.5. The van der Waals surface area contributed by atoms with E-state index in [1.807, 2.05) is 20.8 Å². The molecule has 3 heteroatoms. The molecule has 0 N–H and O–H groups in total. The van der Waals surface area contributed by atoms with E-state index in [-0.39, 0.29) is 34.1 Å². The van der Waals surface area contributed by atoms with Crippen LogP contribution in [0.4, 0.5) is 0 Å². The van der Waals surface area contributed by atoms with Crippen LogP contribution in [0.15, 0.2) is 52.6 Å². The van der Waals surface area contributed by atoms with Crippen LogP contribution in [0.2, 0.25) is 0 Å².